The molecule has 6 nitrogen and oxygen atoms in total. The molecular weight excluding hydrogens is 376 g/mol. The second-order valence-corrected chi connectivity index (χ2v) is 7.45. The molecule has 0 aliphatic carbocycles. The third-order valence-electron chi connectivity index (χ3n) is 5.65. The van der Waals surface area contributed by atoms with Gasteiger partial charge in [0.05, 0.1) is 25.6 Å². The number of H-pyrrole nitrogens is 1. The van der Waals surface area contributed by atoms with E-state index in [0.29, 0.717) is 0 Å². The number of aromatic nitrogens is 3. The number of fused-ring (bicyclic) bond motifs is 1. The van der Waals surface area contributed by atoms with Gasteiger partial charge in [-0.2, -0.15) is 0 Å². The lowest BCUT2D eigenvalue weighted by molar-refractivity contribution is 0.404. The van der Waals surface area contributed by atoms with Crippen molar-refractivity contribution in [3.05, 3.63) is 54.7 Å². The van der Waals surface area contributed by atoms with Crippen molar-refractivity contribution in [2.75, 3.05) is 32.2 Å². The van der Waals surface area contributed by atoms with Gasteiger partial charge in [0, 0.05) is 41.3 Å². The van der Waals surface area contributed by atoms with Crippen LogP contribution in [0.2, 0.25) is 0 Å². The summed E-state index contributed by atoms with van der Waals surface area (Å²) in [5, 5.41) is 1.15. The van der Waals surface area contributed by atoms with Crippen molar-refractivity contribution in [3.8, 4) is 34.0 Å². The van der Waals surface area contributed by atoms with Gasteiger partial charge in [-0.1, -0.05) is 18.2 Å². The minimum absolute atomic E-state index is 0.756. The highest BCUT2D eigenvalue weighted by Gasteiger charge is 2.20. The lowest BCUT2D eigenvalue weighted by Gasteiger charge is -2.18. The number of aromatic amines is 1. The monoisotopic (exact) mass is 400 g/mol. The molecule has 2 aromatic carbocycles. The van der Waals surface area contributed by atoms with Crippen molar-refractivity contribution in [2.24, 2.45) is 0 Å². The molecule has 2 aromatic heterocycles. The van der Waals surface area contributed by atoms with Crippen LogP contribution in [0.4, 0.5) is 5.95 Å². The first-order valence-electron chi connectivity index (χ1n) is 10.2. The summed E-state index contributed by atoms with van der Waals surface area (Å²) >= 11 is 0. The minimum atomic E-state index is 0.756. The minimum Gasteiger partial charge on any atom is -0.497 e. The lowest BCUT2D eigenvalue weighted by atomic mass is 10.1. The van der Waals surface area contributed by atoms with Crippen LogP contribution >= 0.6 is 0 Å². The van der Waals surface area contributed by atoms with E-state index in [4.69, 9.17) is 19.4 Å². The summed E-state index contributed by atoms with van der Waals surface area (Å²) in [6.07, 6.45) is 4.35. The maximum Gasteiger partial charge on any atom is 0.226 e. The van der Waals surface area contributed by atoms with E-state index in [1.807, 2.05) is 42.6 Å². The molecule has 0 radical (unpaired) electrons. The van der Waals surface area contributed by atoms with Gasteiger partial charge in [-0.3, -0.25) is 0 Å². The Hall–Kier alpha value is -3.54. The molecule has 1 fully saturated rings. The Morgan fingerprint density at radius 2 is 1.63 bits per heavy atom. The molecular formula is C24H24N4O2. The molecule has 0 bridgehead atoms. The number of ether oxygens (including phenoxy) is 2. The number of hydrogen-bond donors (Lipinski definition) is 1. The normalized spacial score (nSPS) is 13.7. The Labute approximate surface area is 175 Å². The van der Waals surface area contributed by atoms with Crippen LogP contribution in [0.15, 0.2) is 54.7 Å². The Morgan fingerprint density at radius 3 is 2.40 bits per heavy atom. The number of methoxy groups -OCH3 is 2. The van der Waals surface area contributed by atoms with E-state index in [2.05, 4.69) is 22.0 Å². The van der Waals surface area contributed by atoms with Crippen molar-refractivity contribution in [1.82, 2.24) is 15.0 Å². The summed E-state index contributed by atoms with van der Waals surface area (Å²) in [6, 6.07) is 16.1. The van der Waals surface area contributed by atoms with Crippen LogP contribution in [0.3, 0.4) is 0 Å². The predicted molar refractivity (Wildman–Crippen MR) is 119 cm³/mol. The van der Waals surface area contributed by atoms with Crippen LogP contribution in [-0.4, -0.2) is 42.3 Å². The van der Waals surface area contributed by atoms with E-state index in [1.54, 1.807) is 14.2 Å². The van der Waals surface area contributed by atoms with Gasteiger partial charge in [-0.15, -0.1) is 0 Å². The molecule has 6 heteroatoms. The molecule has 1 saturated heterocycles. The largest absolute Gasteiger partial charge is 0.497 e. The van der Waals surface area contributed by atoms with Crippen molar-refractivity contribution in [2.45, 2.75) is 12.8 Å². The molecule has 4 aromatic rings. The molecule has 0 spiro atoms. The Morgan fingerprint density at radius 1 is 0.867 bits per heavy atom. The highest BCUT2D eigenvalue weighted by atomic mass is 16.5. The Kier molecular flexibility index (Phi) is 4.75. The maximum atomic E-state index is 5.63. The summed E-state index contributed by atoms with van der Waals surface area (Å²) < 4.78 is 11.1. The zero-order valence-electron chi connectivity index (χ0n) is 17.2. The van der Waals surface area contributed by atoms with Crippen LogP contribution in [0.25, 0.3) is 33.4 Å². The number of nitrogens with zero attached hydrogens (tertiary/aromatic N) is 3. The van der Waals surface area contributed by atoms with Gasteiger partial charge in [0.15, 0.2) is 0 Å². The third kappa shape index (κ3) is 3.24. The number of rotatable bonds is 5. The molecule has 152 valence electrons. The average molecular weight is 400 g/mol. The van der Waals surface area contributed by atoms with Crippen molar-refractivity contribution in [3.63, 3.8) is 0 Å². The van der Waals surface area contributed by atoms with Gasteiger partial charge in [-0.05, 0) is 43.2 Å². The quantitative estimate of drug-likeness (QED) is 0.516. The van der Waals surface area contributed by atoms with Crippen LogP contribution < -0.4 is 14.4 Å². The van der Waals surface area contributed by atoms with E-state index in [-0.39, 0.29) is 0 Å². The molecule has 1 N–H and O–H groups in total. The number of nitrogens with one attached hydrogen (secondary N) is 1. The first kappa shape index (κ1) is 18.5. The van der Waals surface area contributed by atoms with E-state index >= 15 is 0 Å². The Balaban J connectivity index is 1.72. The van der Waals surface area contributed by atoms with Gasteiger partial charge in [0.25, 0.3) is 0 Å². The highest BCUT2D eigenvalue weighted by Crippen LogP contribution is 2.36. The van der Waals surface area contributed by atoms with Crippen molar-refractivity contribution in [1.29, 1.82) is 0 Å². The van der Waals surface area contributed by atoms with Gasteiger partial charge >= 0.3 is 0 Å². The topological polar surface area (TPSA) is 63.3 Å². The Bertz CT molecular complexity index is 1200. The van der Waals surface area contributed by atoms with Crippen molar-refractivity contribution >= 4 is 16.9 Å². The van der Waals surface area contributed by atoms with E-state index in [9.17, 15) is 0 Å². The molecule has 1 aliphatic heterocycles. The summed E-state index contributed by atoms with van der Waals surface area (Å²) in [6.45, 7) is 1.96. The summed E-state index contributed by atoms with van der Waals surface area (Å²) in [5.41, 5.74) is 4.76. The molecule has 30 heavy (non-hydrogen) atoms. The van der Waals surface area contributed by atoms with E-state index < -0.39 is 0 Å². The van der Waals surface area contributed by atoms with Crippen LogP contribution in [-0.2, 0) is 0 Å². The van der Waals surface area contributed by atoms with Crippen LogP contribution in [0.5, 0.6) is 11.5 Å². The standard InChI is InChI=1S/C24H24N4O2/c1-29-16-9-10-23(30-2)18(13-16)21-14-22(27-24(26-21)28-11-5-6-12-28)19-15-25-20-8-4-3-7-17(19)20/h3-4,7-10,13-15,25H,5-6,11-12H2,1-2H3. The average Bonchev–Trinajstić information content (AvgIpc) is 3.48. The molecule has 0 atom stereocenters. The van der Waals surface area contributed by atoms with Crippen LogP contribution in [0, 0.1) is 0 Å². The zero-order valence-corrected chi connectivity index (χ0v) is 17.2. The fourth-order valence-corrected chi connectivity index (χ4v) is 4.07. The zero-order chi connectivity index (χ0) is 20.5. The summed E-state index contributed by atoms with van der Waals surface area (Å²) in [4.78, 5) is 15.5. The second-order valence-electron chi connectivity index (χ2n) is 7.45. The van der Waals surface area contributed by atoms with Gasteiger partial charge < -0.3 is 19.4 Å². The number of anilines is 1. The lowest BCUT2D eigenvalue weighted by Crippen LogP contribution is -2.20. The third-order valence-corrected chi connectivity index (χ3v) is 5.65. The van der Waals surface area contributed by atoms with Gasteiger partial charge in [-0.25, -0.2) is 9.97 Å². The smallest absolute Gasteiger partial charge is 0.226 e. The second kappa shape index (κ2) is 7.71. The van der Waals surface area contributed by atoms with E-state index in [1.165, 1.54) is 12.8 Å². The van der Waals surface area contributed by atoms with Gasteiger partial charge in [0.1, 0.15) is 11.5 Å². The molecule has 1 aliphatic rings. The van der Waals surface area contributed by atoms with E-state index in [0.717, 1.165) is 64.0 Å². The molecule has 3 heterocycles. The molecule has 5 rings (SSSR count). The fourth-order valence-electron chi connectivity index (χ4n) is 4.07. The number of para-hydroxylation sites is 1. The van der Waals surface area contributed by atoms with Gasteiger partial charge in [0.2, 0.25) is 5.95 Å². The molecule has 0 amide bonds. The number of hydrogen-bond acceptors (Lipinski definition) is 5. The first-order chi connectivity index (χ1) is 14.8. The van der Waals surface area contributed by atoms with Crippen LogP contribution in [0.1, 0.15) is 12.8 Å². The first-order valence-corrected chi connectivity index (χ1v) is 10.2. The predicted octanol–water partition coefficient (Wildman–Crippen LogP) is 4.91. The SMILES string of the molecule is COc1ccc(OC)c(-c2cc(-c3c[nH]c4ccccc34)nc(N3CCCC3)n2)c1. The molecule has 0 unspecified atom stereocenters. The fraction of sp³-hybridized carbons (Fsp3) is 0.250. The maximum absolute atomic E-state index is 5.63. The molecule has 0 saturated carbocycles. The number of benzene rings is 2. The highest BCUT2D eigenvalue weighted by molar-refractivity contribution is 5.95. The van der Waals surface area contributed by atoms with Crippen molar-refractivity contribution < 1.29 is 9.47 Å². The summed E-state index contributed by atoms with van der Waals surface area (Å²) in [7, 11) is 3.34. The summed E-state index contributed by atoms with van der Waals surface area (Å²) in [5.74, 6) is 2.28.